The second-order valence-corrected chi connectivity index (χ2v) is 8.46. The molecule has 0 spiro atoms. The Balaban J connectivity index is 1.65. The van der Waals surface area contributed by atoms with Crippen molar-refractivity contribution < 1.29 is 18.0 Å². The lowest BCUT2D eigenvalue weighted by Gasteiger charge is -2.10. The van der Waals surface area contributed by atoms with Crippen molar-refractivity contribution in [2.24, 2.45) is 0 Å². The first-order valence-electron chi connectivity index (χ1n) is 8.85. The smallest absolute Gasteiger partial charge is 0.267 e. The minimum Gasteiger partial charge on any atom is -0.267 e. The summed E-state index contributed by atoms with van der Waals surface area (Å²) in [5, 5.41) is 0.384. The van der Waals surface area contributed by atoms with E-state index in [0.717, 1.165) is 5.56 Å². The normalized spacial score (nSPS) is 11.0. The van der Waals surface area contributed by atoms with Gasteiger partial charge in [-0.1, -0.05) is 54.1 Å². The zero-order valence-electron chi connectivity index (χ0n) is 15.6. The Bertz CT molecular complexity index is 1170. The molecule has 0 fully saturated rings. The second kappa shape index (κ2) is 9.53. The summed E-state index contributed by atoms with van der Waals surface area (Å²) in [6.07, 6.45) is 0. The molecule has 3 N–H and O–H groups in total. The van der Waals surface area contributed by atoms with Crippen LogP contribution in [0.1, 0.15) is 26.3 Å². The Kier molecular flexibility index (Phi) is 6.83. The van der Waals surface area contributed by atoms with Gasteiger partial charge in [-0.3, -0.25) is 20.4 Å². The van der Waals surface area contributed by atoms with Crippen LogP contribution in [0.5, 0.6) is 0 Å². The largest absolute Gasteiger partial charge is 0.269 e. The summed E-state index contributed by atoms with van der Waals surface area (Å²) in [6.45, 7) is 0.120. The van der Waals surface area contributed by atoms with Crippen LogP contribution in [0.2, 0.25) is 5.02 Å². The lowest BCUT2D eigenvalue weighted by atomic mass is 10.2. The van der Waals surface area contributed by atoms with Gasteiger partial charge in [-0.2, -0.15) is 0 Å². The van der Waals surface area contributed by atoms with Gasteiger partial charge in [0.2, 0.25) is 10.0 Å². The molecule has 154 valence electrons. The molecule has 0 aliphatic heterocycles. The minimum atomic E-state index is -3.83. The summed E-state index contributed by atoms with van der Waals surface area (Å²) in [6, 6.07) is 20.8. The fourth-order valence-electron chi connectivity index (χ4n) is 2.55. The van der Waals surface area contributed by atoms with Crippen LogP contribution < -0.4 is 15.6 Å². The molecule has 0 heterocycles. The van der Waals surface area contributed by atoms with E-state index in [1.165, 1.54) is 30.3 Å². The number of hydrazine groups is 1. The molecule has 0 aromatic heterocycles. The minimum absolute atomic E-state index is 0.0627. The van der Waals surface area contributed by atoms with Crippen molar-refractivity contribution in [1.82, 2.24) is 15.6 Å². The van der Waals surface area contributed by atoms with E-state index >= 15 is 0 Å². The second-order valence-electron chi connectivity index (χ2n) is 6.26. The Hall–Kier alpha value is -3.20. The average molecular weight is 444 g/mol. The Morgan fingerprint density at radius 3 is 2.00 bits per heavy atom. The topological polar surface area (TPSA) is 104 Å². The van der Waals surface area contributed by atoms with Crippen molar-refractivity contribution in [3.63, 3.8) is 0 Å². The zero-order chi connectivity index (χ0) is 21.6. The molecule has 2 amide bonds. The summed E-state index contributed by atoms with van der Waals surface area (Å²) in [5.41, 5.74) is 5.67. The zero-order valence-corrected chi connectivity index (χ0v) is 17.2. The van der Waals surface area contributed by atoms with Gasteiger partial charge in [-0.15, -0.1) is 0 Å². The molecule has 0 saturated carbocycles. The molecule has 0 bridgehead atoms. The van der Waals surface area contributed by atoms with Gasteiger partial charge < -0.3 is 0 Å². The van der Waals surface area contributed by atoms with Crippen molar-refractivity contribution >= 4 is 33.4 Å². The number of hydrogen-bond acceptors (Lipinski definition) is 4. The van der Waals surface area contributed by atoms with Crippen molar-refractivity contribution in [2.45, 2.75) is 11.4 Å². The van der Waals surface area contributed by atoms with Gasteiger partial charge in [0.25, 0.3) is 11.8 Å². The van der Waals surface area contributed by atoms with E-state index < -0.39 is 21.8 Å². The van der Waals surface area contributed by atoms with Crippen LogP contribution in [0.25, 0.3) is 0 Å². The molecular formula is C21H18ClN3O4S. The van der Waals surface area contributed by atoms with Crippen LogP contribution in [0.15, 0.2) is 83.8 Å². The Morgan fingerprint density at radius 2 is 1.37 bits per heavy atom. The maximum Gasteiger partial charge on any atom is 0.269 e. The summed E-state index contributed by atoms with van der Waals surface area (Å²) >= 11 is 5.84. The summed E-state index contributed by atoms with van der Waals surface area (Å²) in [4.78, 5) is 24.4. The van der Waals surface area contributed by atoms with E-state index in [4.69, 9.17) is 11.6 Å². The number of amides is 2. The predicted octanol–water partition coefficient (Wildman–Crippen LogP) is 2.89. The van der Waals surface area contributed by atoms with E-state index in [-0.39, 0.29) is 22.6 Å². The fraction of sp³-hybridized carbons (Fsp3) is 0.0476. The molecule has 0 radical (unpaired) electrons. The van der Waals surface area contributed by atoms with Gasteiger partial charge in [0.1, 0.15) is 0 Å². The van der Waals surface area contributed by atoms with Gasteiger partial charge in [0, 0.05) is 22.7 Å². The highest BCUT2D eigenvalue weighted by Crippen LogP contribution is 2.13. The third-order valence-electron chi connectivity index (χ3n) is 4.09. The molecule has 3 rings (SSSR count). The van der Waals surface area contributed by atoms with Crippen molar-refractivity contribution in [1.29, 1.82) is 0 Å². The van der Waals surface area contributed by atoms with Gasteiger partial charge in [-0.05, 0) is 42.0 Å². The monoisotopic (exact) mass is 443 g/mol. The number of hydrogen-bond donors (Lipinski definition) is 3. The third kappa shape index (κ3) is 5.66. The quantitative estimate of drug-likeness (QED) is 0.509. The number of carbonyl (C=O) groups is 2. The van der Waals surface area contributed by atoms with E-state index in [0.29, 0.717) is 5.02 Å². The predicted molar refractivity (Wildman–Crippen MR) is 113 cm³/mol. The number of nitrogens with one attached hydrogen (secondary N) is 3. The average Bonchev–Trinajstić information content (AvgIpc) is 2.76. The molecule has 0 aliphatic rings. The summed E-state index contributed by atoms with van der Waals surface area (Å²) < 4.78 is 27.6. The number of carbonyl (C=O) groups excluding carboxylic acids is 2. The SMILES string of the molecule is O=C(NNC(=O)c1cccc(S(=O)(=O)NCc2ccccc2)c1)c1cccc(Cl)c1. The van der Waals surface area contributed by atoms with E-state index in [1.807, 2.05) is 18.2 Å². The molecule has 0 unspecified atom stereocenters. The molecule has 0 saturated heterocycles. The van der Waals surface area contributed by atoms with Crippen molar-refractivity contribution in [3.05, 3.63) is 101 Å². The number of rotatable bonds is 6. The van der Waals surface area contributed by atoms with Crippen LogP contribution in [0.4, 0.5) is 0 Å². The maximum atomic E-state index is 12.5. The molecule has 30 heavy (non-hydrogen) atoms. The molecule has 0 atom stereocenters. The highest BCUT2D eigenvalue weighted by Gasteiger charge is 2.16. The van der Waals surface area contributed by atoms with E-state index in [9.17, 15) is 18.0 Å². The van der Waals surface area contributed by atoms with Gasteiger partial charge in [-0.25, -0.2) is 13.1 Å². The molecule has 9 heteroatoms. The van der Waals surface area contributed by atoms with Crippen LogP contribution in [0, 0.1) is 0 Å². The molecule has 3 aromatic carbocycles. The Morgan fingerprint density at radius 1 is 0.767 bits per heavy atom. The lowest BCUT2D eigenvalue weighted by molar-refractivity contribution is 0.0846. The molecule has 0 aliphatic carbocycles. The maximum absolute atomic E-state index is 12.5. The van der Waals surface area contributed by atoms with Gasteiger partial charge in [0.05, 0.1) is 4.90 Å². The van der Waals surface area contributed by atoms with Gasteiger partial charge in [0.15, 0.2) is 0 Å². The van der Waals surface area contributed by atoms with Crippen LogP contribution in [-0.4, -0.2) is 20.2 Å². The van der Waals surface area contributed by atoms with E-state index in [2.05, 4.69) is 15.6 Å². The lowest BCUT2D eigenvalue weighted by Crippen LogP contribution is -2.41. The number of halogens is 1. The molecule has 7 nitrogen and oxygen atoms in total. The number of sulfonamides is 1. The number of benzene rings is 3. The molecular weight excluding hydrogens is 426 g/mol. The van der Waals surface area contributed by atoms with Crippen molar-refractivity contribution in [3.8, 4) is 0 Å². The third-order valence-corrected chi connectivity index (χ3v) is 5.73. The first-order chi connectivity index (χ1) is 14.3. The standard InChI is InChI=1S/C21H18ClN3O4S/c22-18-10-4-8-16(12-18)20(26)24-25-21(27)17-9-5-11-19(13-17)30(28,29)23-14-15-6-2-1-3-7-15/h1-13,23H,14H2,(H,24,26)(H,25,27). The Labute approximate surface area is 179 Å². The molecule has 3 aromatic rings. The first kappa shape index (κ1) is 21.5. The van der Waals surface area contributed by atoms with Crippen molar-refractivity contribution in [2.75, 3.05) is 0 Å². The van der Waals surface area contributed by atoms with E-state index in [1.54, 1.807) is 30.3 Å². The highest BCUT2D eigenvalue weighted by molar-refractivity contribution is 7.89. The summed E-state index contributed by atoms with van der Waals surface area (Å²) in [5.74, 6) is -1.22. The van der Waals surface area contributed by atoms with Crippen LogP contribution in [0.3, 0.4) is 0 Å². The van der Waals surface area contributed by atoms with Crippen LogP contribution in [-0.2, 0) is 16.6 Å². The first-order valence-corrected chi connectivity index (χ1v) is 10.7. The highest BCUT2D eigenvalue weighted by atomic mass is 35.5. The fourth-order valence-corrected chi connectivity index (χ4v) is 3.80. The van der Waals surface area contributed by atoms with Gasteiger partial charge >= 0.3 is 0 Å². The summed E-state index contributed by atoms with van der Waals surface area (Å²) in [7, 11) is -3.83. The van der Waals surface area contributed by atoms with Crippen LogP contribution >= 0.6 is 11.6 Å².